The maximum absolute atomic E-state index is 14.3. The molecule has 3 unspecified atom stereocenters. The van der Waals surface area contributed by atoms with Crippen molar-refractivity contribution in [3.05, 3.63) is 0 Å². The summed E-state index contributed by atoms with van der Waals surface area (Å²) in [6.45, 7) is 17.2. The molecule has 5 fully saturated rings. The first-order valence-electron chi connectivity index (χ1n) is 14.0. The Bertz CT molecular complexity index is 877. The summed E-state index contributed by atoms with van der Waals surface area (Å²) in [6.07, 6.45) is 9.28. The molecule has 0 saturated heterocycles. The maximum atomic E-state index is 14.3. The second-order valence-electron chi connectivity index (χ2n) is 15.3. The predicted molar refractivity (Wildman–Crippen MR) is 133 cm³/mol. The number of rotatable bonds is 2. The fourth-order valence-electron chi connectivity index (χ4n) is 11.0. The smallest absolute Gasteiger partial charge is 0.293 e. The normalized spacial score (nSPS) is 53.5. The van der Waals surface area contributed by atoms with E-state index in [1.165, 1.54) is 0 Å². The minimum absolute atomic E-state index is 0.0237. The minimum Gasteiger partial charge on any atom is -0.461 e. The van der Waals surface area contributed by atoms with Crippen LogP contribution in [0, 0.1) is 50.7 Å². The van der Waals surface area contributed by atoms with Crippen LogP contribution in [0.5, 0.6) is 0 Å². The Kier molecular flexibility index (Phi) is 5.34. The molecule has 5 rings (SSSR count). The van der Waals surface area contributed by atoms with E-state index in [2.05, 4.69) is 48.5 Å². The average molecular weight is 473 g/mol. The number of aliphatic hydroxyl groups excluding tert-OH is 1. The summed E-state index contributed by atoms with van der Waals surface area (Å²) in [7, 11) is 0. The van der Waals surface area contributed by atoms with E-state index in [0.29, 0.717) is 30.5 Å². The highest BCUT2D eigenvalue weighted by molar-refractivity contribution is 5.84. The van der Waals surface area contributed by atoms with E-state index >= 15 is 0 Å². The van der Waals surface area contributed by atoms with Crippen molar-refractivity contribution in [2.24, 2.45) is 50.7 Å². The van der Waals surface area contributed by atoms with Crippen molar-refractivity contribution >= 4 is 12.3 Å². The number of fused-ring (bicyclic) bond motifs is 7. The first-order chi connectivity index (χ1) is 15.7. The van der Waals surface area contributed by atoms with Gasteiger partial charge in [0.1, 0.15) is 11.4 Å². The quantitative estimate of drug-likeness (QED) is 0.477. The van der Waals surface area contributed by atoms with Crippen LogP contribution in [0.1, 0.15) is 113 Å². The van der Waals surface area contributed by atoms with Crippen molar-refractivity contribution in [2.45, 2.75) is 124 Å². The van der Waals surface area contributed by atoms with Gasteiger partial charge in [-0.15, -0.1) is 0 Å². The summed E-state index contributed by atoms with van der Waals surface area (Å²) in [5.74, 6) is 1.34. The molecule has 0 aromatic carbocycles. The van der Waals surface area contributed by atoms with Gasteiger partial charge in [0.15, 0.2) is 0 Å². The number of hydrogen-bond donors (Lipinski definition) is 1. The minimum atomic E-state index is -0.460. The molecule has 5 aliphatic rings. The Morgan fingerprint density at radius 3 is 2.21 bits per heavy atom. The molecule has 0 aliphatic heterocycles. The number of aliphatic hydroxyl groups is 1. The van der Waals surface area contributed by atoms with Crippen LogP contribution in [0.15, 0.2) is 0 Å². The van der Waals surface area contributed by atoms with Crippen molar-refractivity contribution in [3.63, 3.8) is 0 Å². The molecule has 4 nitrogen and oxygen atoms in total. The van der Waals surface area contributed by atoms with Gasteiger partial charge in [0.2, 0.25) is 0 Å². The van der Waals surface area contributed by atoms with Crippen LogP contribution < -0.4 is 0 Å². The van der Waals surface area contributed by atoms with E-state index in [0.717, 1.165) is 57.8 Å². The Hall–Kier alpha value is -0.900. The molecule has 1 N–H and O–H groups in total. The molecular formula is C30H48O4. The average Bonchev–Trinajstić information content (AvgIpc) is 2.74. The SMILES string of the molecule is CC1(C)CC[C@]2(OC=O)CC[C@]3(C)C(C(=O)C[C@@H]4[C@@]5(C)CCC(O)C(C)(C)[C@@H]5CC[C@]43C)C2C1. The Balaban J connectivity index is 1.58. The zero-order valence-corrected chi connectivity index (χ0v) is 22.7. The van der Waals surface area contributed by atoms with Crippen molar-refractivity contribution < 1.29 is 19.4 Å². The fourth-order valence-corrected chi connectivity index (χ4v) is 11.0. The lowest BCUT2D eigenvalue weighted by Gasteiger charge is -2.72. The molecular weight excluding hydrogens is 424 g/mol. The van der Waals surface area contributed by atoms with Crippen LogP contribution in [0.3, 0.4) is 0 Å². The van der Waals surface area contributed by atoms with Crippen LogP contribution >= 0.6 is 0 Å². The fraction of sp³-hybridized carbons (Fsp3) is 0.933. The van der Waals surface area contributed by atoms with E-state index in [-0.39, 0.29) is 45.0 Å². The van der Waals surface area contributed by atoms with Crippen LogP contribution in [0.25, 0.3) is 0 Å². The van der Waals surface area contributed by atoms with Gasteiger partial charge in [-0.1, -0.05) is 48.5 Å². The van der Waals surface area contributed by atoms with Crippen LogP contribution in [-0.4, -0.2) is 29.1 Å². The van der Waals surface area contributed by atoms with E-state index in [1.54, 1.807) is 0 Å². The number of ketones is 1. The van der Waals surface area contributed by atoms with Gasteiger partial charge in [0, 0.05) is 18.3 Å². The number of ether oxygens (including phenoxy) is 1. The number of Topliss-reactive ketones (excluding diaryl/α,β-unsaturated/α-hetero) is 1. The third kappa shape index (κ3) is 2.99. The summed E-state index contributed by atoms with van der Waals surface area (Å²) >= 11 is 0. The van der Waals surface area contributed by atoms with Crippen LogP contribution in [0.4, 0.5) is 0 Å². The topological polar surface area (TPSA) is 63.6 Å². The molecule has 0 radical (unpaired) electrons. The molecule has 34 heavy (non-hydrogen) atoms. The summed E-state index contributed by atoms with van der Waals surface area (Å²) in [5.41, 5.74) is -0.303. The van der Waals surface area contributed by atoms with Crippen LogP contribution in [0.2, 0.25) is 0 Å². The number of carbonyl (C=O) groups is 2. The highest BCUT2D eigenvalue weighted by Crippen LogP contribution is 2.75. The summed E-state index contributed by atoms with van der Waals surface area (Å²) in [5, 5.41) is 10.9. The molecule has 4 heteroatoms. The number of carbonyl (C=O) groups excluding carboxylic acids is 2. The maximum Gasteiger partial charge on any atom is 0.293 e. The zero-order valence-electron chi connectivity index (χ0n) is 22.7. The molecule has 0 aromatic rings. The predicted octanol–water partition coefficient (Wildman–Crippen LogP) is 6.33. The molecule has 192 valence electrons. The van der Waals surface area contributed by atoms with Gasteiger partial charge in [-0.3, -0.25) is 9.59 Å². The Morgan fingerprint density at radius 1 is 0.853 bits per heavy atom. The molecule has 0 bridgehead atoms. The third-order valence-corrected chi connectivity index (χ3v) is 13.2. The van der Waals surface area contributed by atoms with E-state index in [1.807, 2.05) is 0 Å². The van der Waals surface area contributed by atoms with E-state index in [4.69, 9.17) is 4.74 Å². The third-order valence-electron chi connectivity index (χ3n) is 13.2. The van der Waals surface area contributed by atoms with Crippen molar-refractivity contribution in [2.75, 3.05) is 0 Å². The zero-order chi connectivity index (χ0) is 24.9. The lowest BCUT2D eigenvalue weighted by atomic mass is 9.32. The van der Waals surface area contributed by atoms with E-state index in [9.17, 15) is 14.7 Å². The van der Waals surface area contributed by atoms with Gasteiger partial charge >= 0.3 is 0 Å². The van der Waals surface area contributed by atoms with Crippen molar-refractivity contribution in [1.82, 2.24) is 0 Å². The van der Waals surface area contributed by atoms with E-state index < -0.39 is 5.60 Å². The summed E-state index contributed by atoms with van der Waals surface area (Å²) in [6, 6.07) is 0. The van der Waals surface area contributed by atoms with Gasteiger partial charge in [0.25, 0.3) is 6.47 Å². The first-order valence-corrected chi connectivity index (χ1v) is 14.0. The standard InChI is InChI=1S/C30H48O4/c1-25(2)12-14-30(34-18-31)15-13-29(7)24(19(30)17-25)20(32)16-22-27(5)10-9-23(33)26(3,4)21(27)8-11-28(22,29)6/h18-19,21-24,33H,8-17H2,1-7H3/t19?,21-,22+,23?,24?,27-,28+,29+,30-/m0/s1. The summed E-state index contributed by atoms with van der Waals surface area (Å²) < 4.78 is 5.96. The Morgan fingerprint density at radius 2 is 1.53 bits per heavy atom. The van der Waals surface area contributed by atoms with Gasteiger partial charge in [-0.2, -0.15) is 0 Å². The summed E-state index contributed by atoms with van der Waals surface area (Å²) in [4.78, 5) is 25.9. The number of hydrogen-bond acceptors (Lipinski definition) is 4. The van der Waals surface area contributed by atoms with Gasteiger partial charge in [0.05, 0.1) is 6.10 Å². The second kappa shape index (κ2) is 7.33. The lowest BCUT2D eigenvalue weighted by Crippen LogP contribution is -2.70. The van der Waals surface area contributed by atoms with Gasteiger partial charge in [-0.05, 0) is 96.7 Å². The second-order valence-corrected chi connectivity index (χ2v) is 15.3. The van der Waals surface area contributed by atoms with Crippen molar-refractivity contribution in [3.8, 4) is 0 Å². The van der Waals surface area contributed by atoms with Gasteiger partial charge in [-0.25, -0.2) is 0 Å². The molecule has 0 spiro atoms. The molecule has 9 atom stereocenters. The monoisotopic (exact) mass is 472 g/mol. The van der Waals surface area contributed by atoms with Gasteiger partial charge < -0.3 is 9.84 Å². The highest BCUT2D eigenvalue weighted by Gasteiger charge is 2.72. The van der Waals surface area contributed by atoms with Crippen LogP contribution in [-0.2, 0) is 14.3 Å². The Labute approximate surface area is 207 Å². The first kappa shape index (κ1) is 24.8. The lowest BCUT2D eigenvalue weighted by molar-refractivity contribution is -0.256. The molecule has 5 aliphatic carbocycles. The largest absolute Gasteiger partial charge is 0.461 e. The molecule has 0 heterocycles. The highest BCUT2D eigenvalue weighted by atomic mass is 16.5. The molecule has 5 saturated carbocycles. The molecule has 0 amide bonds. The van der Waals surface area contributed by atoms with Crippen molar-refractivity contribution in [1.29, 1.82) is 0 Å². The molecule has 0 aromatic heterocycles.